The second-order valence-corrected chi connectivity index (χ2v) is 17.3. The zero-order chi connectivity index (χ0) is 47.5. The molecule has 2 saturated heterocycles. The van der Waals surface area contributed by atoms with Crippen LogP contribution in [-0.2, 0) is 38.0 Å². The second kappa shape index (κ2) is 37.4. The summed E-state index contributed by atoms with van der Waals surface area (Å²) in [4.78, 5) is 25.7. The SMILES string of the molecule is CCC/C=C\CCCCCCCC(=O)OCC(COC1OC(COC2OC(CO)C(O)C(O)C2O)C(O)C(O)C1O)OC(=O)CCCCCCCC/C=C\C/C=C\C/C=C\CCCCC. The smallest absolute Gasteiger partial charge is 0.306 e. The molecular weight excluding hydrogens is 841 g/mol. The van der Waals surface area contributed by atoms with E-state index in [1.807, 2.05) is 0 Å². The molecule has 0 aromatic heterocycles. The number of ether oxygens (including phenoxy) is 6. The quantitative estimate of drug-likeness (QED) is 0.0205. The Morgan fingerprint density at radius 3 is 1.52 bits per heavy atom. The molecule has 11 atom stereocenters. The third-order valence-electron chi connectivity index (χ3n) is 11.5. The third kappa shape index (κ3) is 26.0. The van der Waals surface area contributed by atoms with Crippen LogP contribution in [0.4, 0.5) is 0 Å². The van der Waals surface area contributed by atoms with Crippen LogP contribution in [0.3, 0.4) is 0 Å². The molecule has 0 bridgehead atoms. The summed E-state index contributed by atoms with van der Waals surface area (Å²) in [6.45, 7) is 2.46. The molecule has 2 aliphatic rings. The summed E-state index contributed by atoms with van der Waals surface area (Å²) < 4.78 is 33.5. The third-order valence-corrected chi connectivity index (χ3v) is 11.5. The number of esters is 2. The molecule has 2 fully saturated rings. The van der Waals surface area contributed by atoms with Crippen molar-refractivity contribution in [3.05, 3.63) is 48.6 Å². The van der Waals surface area contributed by atoms with Gasteiger partial charge in [-0.05, 0) is 70.6 Å². The van der Waals surface area contributed by atoms with E-state index in [1.54, 1.807) is 0 Å². The number of rotatable bonds is 37. The summed E-state index contributed by atoms with van der Waals surface area (Å²) in [6, 6.07) is 0. The van der Waals surface area contributed by atoms with Crippen molar-refractivity contribution in [3.8, 4) is 0 Å². The summed E-state index contributed by atoms with van der Waals surface area (Å²) in [5.41, 5.74) is 0. The lowest BCUT2D eigenvalue weighted by Gasteiger charge is -2.42. The molecule has 0 saturated carbocycles. The van der Waals surface area contributed by atoms with E-state index in [0.717, 1.165) is 96.3 Å². The van der Waals surface area contributed by atoms with Crippen LogP contribution in [0.1, 0.15) is 162 Å². The number of carbonyl (C=O) groups excluding carboxylic acids is 2. The highest BCUT2D eigenvalue weighted by molar-refractivity contribution is 5.70. The molecule has 376 valence electrons. The molecule has 0 amide bonds. The number of unbranched alkanes of at least 4 members (excludes halogenated alkanes) is 15. The lowest BCUT2D eigenvalue weighted by molar-refractivity contribution is -0.332. The molecule has 65 heavy (non-hydrogen) atoms. The van der Waals surface area contributed by atoms with Gasteiger partial charge < -0.3 is 64.2 Å². The number of carbonyl (C=O) groups is 2. The zero-order valence-corrected chi connectivity index (χ0v) is 39.5. The van der Waals surface area contributed by atoms with Crippen molar-refractivity contribution in [2.24, 2.45) is 0 Å². The first-order chi connectivity index (χ1) is 31.5. The molecule has 0 radical (unpaired) electrons. The maximum Gasteiger partial charge on any atom is 0.306 e. The average molecular weight is 927 g/mol. The Morgan fingerprint density at radius 1 is 0.492 bits per heavy atom. The van der Waals surface area contributed by atoms with E-state index in [2.05, 4.69) is 62.5 Å². The van der Waals surface area contributed by atoms with E-state index in [9.17, 15) is 45.3 Å². The van der Waals surface area contributed by atoms with Crippen molar-refractivity contribution in [1.29, 1.82) is 0 Å². The Kier molecular flexibility index (Phi) is 33.7. The predicted molar refractivity (Wildman–Crippen MR) is 247 cm³/mol. The van der Waals surface area contributed by atoms with E-state index < -0.39 is 99.3 Å². The molecule has 15 heteroatoms. The van der Waals surface area contributed by atoms with Crippen molar-refractivity contribution in [2.45, 2.75) is 229 Å². The van der Waals surface area contributed by atoms with Gasteiger partial charge in [0.05, 0.1) is 19.8 Å². The first kappa shape index (κ1) is 58.6. The summed E-state index contributed by atoms with van der Waals surface area (Å²) in [6.07, 6.45) is 22.9. The van der Waals surface area contributed by atoms with Crippen LogP contribution in [0.2, 0.25) is 0 Å². The molecule has 7 N–H and O–H groups in total. The summed E-state index contributed by atoms with van der Waals surface area (Å²) in [5.74, 6) is -0.956. The molecular formula is C50H86O15. The van der Waals surface area contributed by atoms with Crippen LogP contribution in [-0.4, -0.2) is 142 Å². The van der Waals surface area contributed by atoms with E-state index in [0.29, 0.717) is 12.8 Å². The maximum atomic E-state index is 13.0. The highest BCUT2D eigenvalue weighted by Gasteiger charge is 2.47. The van der Waals surface area contributed by atoms with Crippen LogP contribution in [0.15, 0.2) is 48.6 Å². The van der Waals surface area contributed by atoms with Crippen molar-refractivity contribution < 1.29 is 73.8 Å². The minimum atomic E-state index is -1.77. The van der Waals surface area contributed by atoms with Crippen LogP contribution < -0.4 is 0 Å². The number of aliphatic hydroxyl groups excluding tert-OH is 7. The Balaban J connectivity index is 1.82. The number of aliphatic hydroxyl groups is 7. The Bertz CT molecular complexity index is 1320. The van der Waals surface area contributed by atoms with E-state index >= 15 is 0 Å². The van der Waals surface area contributed by atoms with Gasteiger partial charge in [-0.25, -0.2) is 0 Å². The minimum absolute atomic E-state index is 0.147. The van der Waals surface area contributed by atoms with Crippen LogP contribution >= 0.6 is 0 Å². The summed E-state index contributed by atoms with van der Waals surface area (Å²) >= 11 is 0. The molecule has 0 spiro atoms. The molecule has 11 unspecified atom stereocenters. The van der Waals surface area contributed by atoms with Gasteiger partial charge in [0.15, 0.2) is 18.7 Å². The van der Waals surface area contributed by atoms with Gasteiger partial charge in [-0.1, -0.05) is 127 Å². The lowest BCUT2D eigenvalue weighted by Crippen LogP contribution is -2.61. The van der Waals surface area contributed by atoms with Gasteiger partial charge in [0.1, 0.15) is 55.4 Å². The fourth-order valence-electron chi connectivity index (χ4n) is 7.40. The topological polar surface area (TPSA) is 231 Å². The fourth-order valence-corrected chi connectivity index (χ4v) is 7.40. The predicted octanol–water partition coefficient (Wildman–Crippen LogP) is 6.32. The first-order valence-electron chi connectivity index (χ1n) is 24.7. The van der Waals surface area contributed by atoms with Gasteiger partial charge in [0, 0.05) is 12.8 Å². The molecule has 15 nitrogen and oxygen atoms in total. The second-order valence-electron chi connectivity index (χ2n) is 17.3. The number of allylic oxidation sites excluding steroid dienone is 8. The number of hydrogen-bond acceptors (Lipinski definition) is 15. The Morgan fingerprint density at radius 2 is 0.954 bits per heavy atom. The summed E-state index contributed by atoms with van der Waals surface area (Å²) in [7, 11) is 0. The fraction of sp³-hybridized carbons (Fsp3) is 0.800. The summed E-state index contributed by atoms with van der Waals surface area (Å²) in [5, 5.41) is 71.9. The van der Waals surface area contributed by atoms with Crippen LogP contribution in [0, 0.1) is 0 Å². The monoisotopic (exact) mass is 927 g/mol. The van der Waals surface area contributed by atoms with Crippen molar-refractivity contribution in [1.82, 2.24) is 0 Å². The van der Waals surface area contributed by atoms with Gasteiger partial charge in [-0.15, -0.1) is 0 Å². The van der Waals surface area contributed by atoms with Crippen molar-refractivity contribution >= 4 is 11.9 Å². The van der Waals surface area contributed by atoms with Gasteiger partial charge >= 0.3 is 11.9 Å². The molecule has 2 heterocycles. The first-order valence-corrected chi connectivity index (χ1v) is 24.7. The molecule has 2 rings (SSSR count). The molecule has 0 aromatic rings. The van der Waals surface area contributed by atoms with Crippen molar-refractivity contribution in [2.75, 3.05) is 26.4 Å². The van der Waals surface area contributed by atoms with Crippen LogP contribution in [0.25, 0.3) is 0 Å². The molecule has 0 aliphatic carbocycles. The van der Waals surface area contributed by atoms with Crippen molar-refractivity contribution in [3.63, 3.8) is 0 Å². The highest BCUT2D eigenvalue weighted by Crippen LogP contribution is 2.26. The zero-order valence-electron chi connectivity index (χ0n) is 39.5. The van der Waals surface area contributed by atoms with E-state index in [-0.39, 0.29) is 19.4 Å². The molecule has 2 aliphatic heterocycles. The minimum Gasteiger partial charge on any atom is -0.462 e. The van der Waals surface area contributed by atoms with Gasteiger partial charge in [0.2, 0.25) is 0 Å². The van der Waals surface area contributed by atoms with Crippen LogP contribution in [0.5, 0.6) is 0 Å². The standard InChI is InChI=1S/C50H86O15/c1-3-5-7-9-11-13-15-16-17-18-19-20-21-22-23-25-27-29-31-33-42(53)63-38(35-60-41(52)32-30-28-26-24-14-12-10-8-6-4-2)36-61-49-48(59)46(57)44(55)40(65-49)37-62-50-47(58)45(56)43(54)39(34-51)64-50/h8,10-11,13,16-17,19-20,38-40,43-51,54-59H,3-7,9,12,14-15,18,21-37H2,1-2H3/b10-8-,13-11-,17-16-,20-19-. The van der Waals surface area contributed by atoms with E-state index in [1.165, 1.54) is 25.7 Å². The average Bonchev–Trinajstić information content (AvgIpc) is 3.30. The van der Waals surface area contributed by atoms with Gasteiger partial charge in [-0.3, -0.25) is 9.59 Å². The highest BCUT2D eigenvalue weighted by atomic mass is 16.7. The Labute approximate surface area is 388 Å². The normalized spacial score (nSPS) is 26.8. The van der Waals surface area contributed by atoms with E-state index in [4.69, 9.17) is 28.4 Å². The largest absolute Gasteiger partial charge is 0.462 e. The lowest BCUT2D eigenvalue weighted by atomic mass is 9.98. The maximum absolute atomic E-state index is 13.0. The van der Waals surface area contributed by atoms with Gasteiger partial charge in [0.25, 0.3) is 0 Å². The van der Waals surface area contributed by atoms with Gasteiger partial charge in [-0.2, -0.15) is 0 Å². The number of hydrogen-bond donors (Lipinski definition) is 7. The molecule has 0 aromatic carbocycles. The Hall–Kier alpha value is -2.54.